The molecule has 0 N–H and O–H groups in total. The molecule has 0 amide bonds. The fourth-order valence-electron chi connectivity index (χ4n) is 3.96. The van der Waals surface area contributed by atoms with Gasteiger partial charge in [-0.25, -0.2) is 9.67 Å². The van der Waals surface area contributed by atoms with Crippen LogP contribution in [0.15, 0.2) is 65.8 Å². The zero-order valence-electron chi connectivity index (χ0n) is 18.0. The van der Waals surface area contributed by atoms with Gasteiger partial charge >= 0.3 is 6.18 Å². The number of nitrogens with zero attached hydrogens (tertiary/aromatic N) is 6. The number of pyridine rings is 1. The molecule has 1 aromatic carbocycles. The Kier molecular flexibility index (Phi) is 6.03. The van der Waals surface area contributed by atoms with E-state index >= 15 is 0 Å². The molecular formula is C23H21F3N6OS. The second-order valence-electron chi connectivity index (χ2n) is 8.10. The third-order valence-corrected chi connectivity index (χ3v) is 6.72. The molecule has 0 radical (unpaired) electrons. The zero-order chi connectivity index (χ0) is 23.7. The summed E-state index contributed by atoms with van der Waals surface area (Å²) in [6.45, 7) is -0.777. The molecule has 4 heterocycles. The van der Waals surface area contributed by atoms with E-state index in [0.717, 1.165) is 29.7 Å². The third kappa shape index (κ3) is 4.79. The maximum Gasteiger partial charge on any atom is 0.406 e. The van der Waals surface area contributed by atoms with E-state index in [1.165, 1.54) is 12.1 Å². The Morgan fingerprint density at radius 2 is 1.94 bits per heavy atom. The molecule has 0 bridgehead atoms. The highest BCUT2D eigenvalue weighted by atomic mass is 32.2. The molecule has 1 atom stereocenters. The fraction of sp³-hybridized carbons (Fsp3) is 0.304. The first-order valence-corrected chi connectivity index (χ1v) is 11.9. The van der Waals surface area contributed by atoms with E-state index in [2.05, 4.69) is 15.2 Å². The third-order valence-electron chi connectivity index (χ3n) is 5.57. The van der Waals surface area contributed by atoms with Gasteiger partial charge in [0.05, 0.1) is 29.9 Å². The van der Waals surface area contributed by atoms with Crippen molar-refractivity contribution >= 4 is 11.8 Å². The van der Waals surface area contributed by atoms with Gasteiger partial charge in [0.1, 0.15) is 6.54 Å². The quantitative estimate of drug-likeness (QED) is 0.407. The maximum atomic E-state index is 13.0. The molecule has 1 saturated heterocycles. The Morgan fingerprint density at radius 1 is 1.12 bits per heavy atom. The highest BCUT2D eigenvalue weighted by Crippen LogP contribution is 2.32. The fourth-order valence-corrected chi connectivity index (χ4v) is 5.14. The van der Waals surface area contributed by atoms with Crippen LogP contribution in [0.3, 0.4) is 0 Å². The first kappa shape index (κ1) is 22.5. The van der Waals surface area contributed by atoms with Crippen molar-refractivity contribution in [3.05, 3.63) is 77.0 Å². The summed E-state index contributed by atoms with van der Waals surface area (Å²) < 4.78 is 43.0. The van der Waals surface area contributed by atoms with E-state index in [9.17, 15) is 18.0 Å². The van der Waals surface area contributed by atoms with Gasteiger partial charge in [0.25, 0.3) is 5.56 Å². The van der Waals surface area contributed by atoms with E-state index in [0.29, 0.717) is 22.5 Å². The molecular weight excluding hydrogens is 465 g/mol. The first-order chi connectivity index (χ1) is 16.4. The van der Waals surface area contributed by atoms with Crippen LogP contribution in [0, 0.1) is 0 Å². The number of halogens is 3. The largest absolute Gasteiger partial charge is 0.406 e. The molecule has 4 aromatic rings. The van der Waals surface area contributed by atoms with E-state index in [4.69, 9.17) is 0 Å². The van der Waals surface area contributed by atoms with Crippen molar-refractivity contribution in [2.24, 2.45) is 0 Å². The molecule has 7 nitrogen and oxygen atoms in total. The lowest BCUT2D eigenvalue weighted by Crippen LogP contribution is -2.29. The number of alkyl halides is 3. The molecule has 3 aromatic heterocycles. The van der Waals surface area contributed by atoms with Gasteiger partial charge in [0.2, 0.25) is 0 Å². The van der Waals surface area contributed by atoms with E-state index in [1.54, 1.807) is 27.3 Å². The number of hydrogen-bond donors (Lipinski definition) is 0. The SMILES string of the molecule is O=c1c(-c2nc(-c3cnn(Cc4ccccc4)c3)nn2C2CCSC2)cccn1CC(F)(F)F. The van der Waals surface area contributed by atoms with Gasteiger partial charge in [0, 0.05) is 18.1 Å². The van der Waals surface area contributed by atoms with Crippen LogP contribution >= 0.6 is 11.8 Å². The van der Waals surface area contributed by atoms with Crippen molar-refractivity contribution in [2.45, 2.75) is 31.7 Å². The van der Waals surface area contributed by atoms with Crippen LogP contribution in [0.5, 0.6) is 0 Å². The Bertz CT molecular complexity index is 1340. The van der Waals surface area contributed by atoms with Crippen molar-refractivity contribution in [1.82, 2.24) is 29.1 Å². The minimum atomic E-state index is -4.50. The lowest BCUT2D eigenvalue weighted by Gasteiger charge is -2.13. The summed E-state index contributed by atoms with van der Waals surface area (Å²) in [4.78, 5) is 17.5. The number of benzene rings is 1. The molecule has 11 heteroatoms. The highest BCUT2D eigenvalue weighted by Gasteiger charge is 2.30. The van der Waals surface area contributed by atoms with E-state index in [1.807, 2.05) is 36.5 Å². The molecule has 1 aliphatic rings. The lowest BCUT2D eigenvalue weighted by atomic mass is 10.2. The predicted octanol–water partition coefficient (Wildman–Crippen LogP) is 4.26. The Morgan fingerprint density at radius 3 is 2.68 bits per heavy atom. The summed E-state index contributed by atoms with van der Waals surface area (Å²) in [5.74, 6) is 2.41. The molecule has 176 valence electrons. The number of thioether (sulfide) groups is 1. The minimum absolute atomic E-state index is 0.0104. The van der Waals surface area contributed by atoms with Crippen LogP contribution in [-0.2, 0) is 13.1 Å². The average Bonchev–Trinajstić information content (AvgIpc) is 3.55. The van der Waals surface area contributed by atoms with Crippen LogP contribution < -0.4 is 5.56 Å². The van der Waals surface area contributed by atoms with E-state index < -0.39 is 18.3 Å². The van der Waals surface area contributed by atoms with Crippen LogP contribution in [0.1, 0.15) is 18.0 Å². The van der Waals surface area contributed by atoms with Crippen molar-refractivity contribution in [3.8, 4) is 22.8 Å². The van der Waals surface area contributed by atoms with Gasteiger partial charge < -0.3 is 4.57 Å². The summed E-state index contributed by atoms with van der Waals surface area (Å²) in [6, 6.07) is 12.8. The Balaban J connectivity index is 1.53. The van der Waals surface area contributed by atoms with Crippen molar-refractivity contribution < 1.29 is 13.2 Å². The molecule has 1 unspecified atom stereocenters. The highest BCUT2D eigenvalue weighted by molar-refractivity contribution is 7.99. The van der Waals surface area contributed by atoms with Gasteiger partial charge in [0.15, 0.2) is 11.6 Å². The van der Waals surface area contributed by atoms with Crippen molar-refractivity contribution in [3.63, 3.8) is 0 Å². The summed E-state index contributed by atoms with van der Waals surface area (Å²) in [5, 5.41) is 9.07. The number of hydrogen-bond acceptors (Lipinski definition) is 5. The summed E-state index contributed by atoms with van der Waals surface area (Å²) in [5.41, 5.74) is 1.12. The lowest BCUT2D eigenvalue weighted by molar-refractivity contribution is -0.141. The van der Waals surface area contributed by atoms with Gasteiger partial charge in [-0.1, -0.05) is 30.3 Å². The van der Waals surface area contributed by atoms with Gasteiger partial charge in [-0.05, 0) is 29.9 Å². The summed E-state index contributed by atoms with van der Waals surface area (Å²) >= 11 is 1.77. The van der Waals surface area contributed by atoms with Crippen LogP contribution in [0.4, 0.5) is 13.2 Å². The van der Waals surface area contributed by atoms with Crippen molar-refractivity contribution in [2.75, 3.05) is 11.5 Å². The van der Waals surface area contributed by atoms with Crippen LogP contribution in [0.25, 0.3) is 22.8 Å². The minimum Gasteiger partial charge on any atom is -0.306 e. The van der Waals surface area contributed by atoms with Crippen molar-refractivity contribution in [1.29, 1.82) is 0 Å². The smallest absolute Gasteiger partial charge is 0.306 e. The second-order valence-corrected chi connectivity index (χ2v) is 9.25. The number of rotatable bonds is 6. The molecule has 1 aliphatic heterocycles. The molecule has 0 saturated carbocycles. The number of aromatic nitrogens is 6. The maximum absolute atomic E-state index is 13.0. The predicted molar refractivity (Wildman–Crippen MR) is 124 cm³/mol. The second kappa shape index (κ2) is 9.13. The Labute approximate surface area is 197 Å². The first-order valence-electron chi connectivity index (χ1n) is 10.7. The molecule has 34 heavy (non-hydrogen) atoms. The molecule has 5 rings (SSSR count). The van der Waals surface area contributed by atoms with Gasteiger partial charge in [-0.2, -0.15) is 30.0 Å². The van der Waals surface area contributed by atoms with Crippen LogP contribution in [0.2, 0.25) is 0 Å². The summed E-state index contributed by atoms with van der Waals surface area (Å²) in [6.07, 6.45) is 0.962. The van der Waals surface area contributed by atoms with Gasteiger partial charge in [-0.15, -0.1) is 5.10 Å². The van der Waals surface area contributed by atoms with E-state index in [-0.39, 0.29) is 17.4 Å². The molecule has 0 aliphatic carbocycles. The van der Waals surface area contributed by atoms with Gasteiger partial charge in [-0.3, -0.25) is 9.48 Å². The molecule has 1 fully saturated rings. The zero-order valence-corrected chi connectivity index (χ0v) is 18.8. The summed E-state index contributed by atoms with van der Waals surface area (Å²) in [7, 11) is 0. The topological polar surface area (TPSA) is 70.5 Å². The molecule has 0 spiro atoms. The monoisotopic (exact) mass is 486 g/mol. The Hall–Kier alpha value is -3.34. The van der Waals surface area contributed by atoms with Crippen LogP contribution in [-0.4, -0.2) is 46.8 Å². The standard InChI is InChI=1S/C23H21F3N6OS/c24-23(25,26)15-30-9-4-7-19(22(30)33)21-28-20(29-32(21)18-8-10-34-14-18)17-11-27-31(13-17)12-16-5-2-1-3-6-16/h1-7,9,11,13,18H,8,10,12,14-15H2. The normalized spacial score (nSPS) is 16.3. The average molecular weight is 487 g/mol.